The van der Waals surface area contributed by atoms with Crippen LogP contribution in [0.4, 0.5) is 0 Å². The molecular weight excluding hydrogens is 710 g/mol. The number of aliphatic hydroxyl groups is 5. The second kappa shape index (κ2) is 23.5. The summed E-state index contributed by atoms with van der Waals surface area (Å²) in [7, 11) is 1.19. The van der Waals surface area contributed by atoms with Gasteiger partial charge in [-0.25, -0.2) is 0 Å². The zero-order chi connectivity index (χ0) is 40.4. The van der Waals surface area contributed by atoms with Gasteiger partial charge >= 0.3 is 0 Å². The van der Waals surface area contributed by atoms with Crippen LogP contribution in [0.1, 0.15) is 44.6 Å². The van der Waals surface area contributed by atoms with Crippen molar-refractivity contribution in [3.05, 3.63) is 35.9 Å². The van der Waals surface area contributed by atoms with Crippen molar-refractivity contribution >= 4 is 35.4 Å². The standard InChI is InChI=1S/C34H57N9O11/c1-19(47)28-33(53)42-26(18-46)32(52)39-21(15-38-25(17-45)31(51)41-24(29(36)49)14-20-8-4-3-5-9-20)10-6-7-13-37-27(48)12-11-23(34(54)43(28)2)40-30(50)22(35)16-44/h3-5,8-9,19,21-28,37-38,44-48H,6-7,10-18,35H2,1-2H3,(H2,36,49)(H,39,52)(H,40,50)(H,41,51)(H,42,53). The zero-order valence-corrected chi connectivity index (χ0v) is 30.6. The third-order valence-electron chi connectivity index (χ3n) is 8.94. The number of rotatable bonds is 14. The molecule has 1 saturated heterocycles. The van der Waals surface area contributed by atoms with Crippen LogP contribution in [0, 0.1) is 0 Å². The first-order valence-electron chi connectivity index (χ1n) is 17.9. The van der Waals surface area contributed by atoms with Crippen LogP contribution >= 0.6 is 0 Å². The van der Waals surface area contributed by atoms with E-state index in [1.54, 1.807) is 30.3 Å². The highest BCUT2D eigenvalue weighted by atomic mass is 16.3. The molecule has 1 aromatic rings. The molecular formula is C34H57N9O11. The molecule has 6 amide bonds. The third-order valence-corrected chi connectivity index (χ3v) is 8.94. The van der Waals surface area contributed by atoms with Gasteiger partial charge in [-0.3, -0.25) is 34.1 Å². The van der Waals surface area contributed by atoms with Crippen molar-refractivity contribution in [3.8, 4) is 0 Å². The van der Waals surface area contributed by atoms with Gasteiger partial charge in [-0.2, -0.15) is 0 Å². The molecule has 15 N–H and O–H groups in total. The minimum atomic E-state index is -1.61. The number of carbonyl (C=O) groups is 6. The van der Waals surface area contributed by atoms with Crippen molar-refractivity contribution in [2.45, 2.75) is 100 Å². The maximum absolute atomic E-state index is 13.6. The van der Waals surface area contributed by atoms with Gasteiger partial charge in [0.1, 0.15) is 42.5 Å². The predicted octanol–water partition coefficient (Wildman–Crippen LogP) is -6.00. The number of nitrogens with zero attached hydrogens (tertiary/aromatic N) is 1. The van der Waals surface area contributed by atoms with Gasteiger partial charge in [0.15, 0.2) is 0 Å². The summed E-state index contributed by atoms with van der Waals surface area (Å²) in [5.74, 6) is -5.06. The van der Waals surface area contributed by atoms with Crippen molar-refractivity contribution in [3.63, 3.8) is 0 Å². The van der Waals surface area contributed by atoms with E-state index in [0.717, 1.165) is 10.5 Å². The molecule has 9 unspecified atom stereocenters. The number of carbonyl (C=O) groups excluding carboxylic acids is 6. The van der Waals surface area contributed by atoms with E-state index in [9.17, 15) is 54.3 Å². The van der Waals surface area contributed by atoms with Gasteiger partial charge in [0.05, 0.1) is 25.9 Å². The molecule has 0 aliphatic carbocycles. The van der Waals surface area contributed by atoms with Crippen molar-refractivity contribution in [1.82, 2.24) is 36.8 Å². The van der Waals surface area contributed by atoms with Crippen LogP contribution in [-0.2, 0) is 35.2 Å². The molecule has 1 aliphatic heterocycles. The fraction of sp³-hybridized carbons (Fsp3) is 0.647. The molecule has 1 heterocycles. The molecule has 0 spiro atoms. The summed E-state index contributed by atoms with van der Waals surface area (Å²) in [6.45, 7) is -0.818. The number of hydrogen-bond donors (Lipinski definition) is 13. The summed E-state index contributed by atoms with van der Waals surface area (Å²) in [6, 6.07) is 0.00342. The van der Waals surface area contributed by atoms with E-state index >= 15 is 0 Å². The molecule has 1 aromatic carbocycles. The Morgan fingerprint density at radius 3 is 2.22 bits per heavy atom. The number of amides is 6. The van der Waals surface area contributed by atoms with Gasteiger partial charge in [0.25, 0.3) is 0 Å². The summed E-state index contributed by atoms with van der Waals surface area (Å²) >= 11 is 0. The molecule has 0 bridgehead atoms. The molecule has 0 aromatic heterocycles. The van der Waals surface area contributed by atoms with E-state index < -0.39 is 110 Å². The SMILES string of the molecule is CC(O)C1C(=O)NC(CO)C(=O)NC(CNC(CO)C(=O)NC(Cc2ccccc2)C(N)=O)CCCCNC(O)CCC(NC(=O)C(N)CO)C(=O)N1C. The van der Waals surface area contributed by atoms with Crippen LogP contribution < -0.4 is 43.4 Å². The first-order valence-corrected chi connectivity index (χ1v) is 17.9. The molecule has 0 radical (unpaired) electrons. The molecule has 54 heavy (non-hydrogen) atoms. The fourth-order valence-corrected chi connectivity index (χ4v) is 5.78. The van der Waals surface area contributed by atoms with Gasteiger partial charge in [0, 0.05) is 26.1 Å². The number of aliphatic hydroxyl groups excluding tert-OH is 5. The minimum Gasteiger partial charge on any atom is -0.394 e. The largest absolute Gasteiger partial charge is 0.394 e. The molecule has 20 heteroatoms. The summed E-state index contributed by atoms with van der Waals surface area (Å²) < 4.78 is 0. The molecule has 304 valence electrons. The Bertz CT molecular complexity index is 1370. The Hall–Kier alpha value is -4.28. The average Bonchev–Trinajstić information content (AvgIpc) is 3.14. The first-order chi connectivity index (χ1) is 25.6. The fourth-order valence-electron chi connectivity index (χ4n) is 5.78. The van der Waals surface area contributed by atoms with E-state index in [1.807, 2.05) is 0 Å². The second-order valence-corrected chi connectivity index (χ2v) is 13.3. The topological polar surface area (TPSA) is 331 Å². The maximum atomic E-state index is 13.6. The van der Waals surface area contributed by atoms with Crippen LogP contribution in [0.15, 0.2) is 30.3 Å². The van der Waals surface area contributed by atoms with E-state index in [2.05, 4.69) is 31.9 Å². The van der Waals surface area contributed by atoms with Crippen molar-refractivity contribution in [2.24, 2.45) is 11.5 Å². The van der Waals surface area contributed by atoms with Crippen LogP contribution in [-0.4, -0.2) is 160 Å². The Balaban J connectivity index is 2.26. The second-order valence-electron chi connectivity index (χ2n) is 13.3. The van der Waals surface area contributed by atoms with Crippen LogP contribution in [0.2, 0.25) is 0 Å². The summed E-state index contributed by atoms with van der Waals surface area (Å²) in [5.41, 5.74) is 11.9. The number of nitrogens with two attached hydrogens (primary N) is 2. The van der Waals surface area contributed by atoms with E-state index in [0.29, 0.717) is 25.8 Å². The maximum Gasteiger partial charge on any atom is 0.246 e. The minimum absolute atomic E-state index is 0.0355. The highest BCUT2D eigenvalue weighted by Gasteiger charge is 2.37. The Morgan fingerprint density at radius 2 is 1.63 bits per heavy atom. The Kier molecular flexibility index (Phi) is 20.0. The lowest BCUT2D eigenvalue weighted by Gasteiger charge is -2.34. The lowest BCUT2D eigenvalue weighted by atomic mass is 10.0. The van der Waals surface area contributed by atoms with Crippen LogP contribution in [0.25, 0.3) is 0 Å². The summed E-state index contributed by atoms with van der Waals surface area (Å²) in [6.07, 6.45) is -1.43. The quantitative estimate of drug-likeness (QED) is 0.0839. The Morgan fingerprint density at radius 1 is 0.944 bits per heavy atom. The number of benzene rings is 1. The van der Waals surface area contributed by atoms with Crippen LogP contribution in [0.3, 0.4) is 0 Å². The highest BCUT2D eigenvalue weighted by molar-refractivity contribution is 5.95. The summed E-state index contributed by atoms with van der Waals surface area (Å²) in [4.78, 5) is 79.0. The molecule has 2 rings (SSSR count). The van der Waals surface area contributed by atoms with E-state index in [1.165, 1.54) is 14.0 Å². The number of likely N-dealkylation sites (N-methyl/N-ethyl adjacent to an activating group) is 1. The molecule has 20 nitrogen and oxygen atoms in total. The third kappa shape index (κ3) is 14.9. The first kappa shape index (κ1) is 45.9. The van der Waals surface area contributed by atoms with Crippen molar-refractivity contribution in [1.29, 1.82) is 0 Å². The Labute approximate surface area is 313 Å². The highest BCUT2D eigenvalue weighted by Crippen LogP contribution is 2.12. The van der Waals surface area contributed by atoms with Gasteiger partial charge in [-0.1, -0.05) is 36.8 Å². The molecule has 9 atom stereocenters. The lowest BCUT2D eigenvalue weighted by Crippen LogP contribution is -2.62. The monoisotopic (exact) mass is 767 g/mol. The molecule has 1 aliphatic rings. The van der Waals surface area contributed by atoms with Gasteiger partial charge in [-0.05, 0) is 44.7 Å². The number of hydrogen-bond acceptors (Lipinski definition) is 14. The van der Waals surface area contributed by atoms with Crippen molar-refractivity contribution < 1.29 is 54.3 Å². The number of nitrogens with one attached hydrogen (secondary N) is 6. The number of primary amides is 1. The van der Waals surface area contributed by atoms with Gasteiger partial charge in [-0.15, -0.1) is 0 Å². The summed E-state index contributed by atoms with van der Waals surface area (Å²) in [5, 5.41) is 66.4. The lowest BCUT2D eigenvalue weighted by molar-refractivity contribution is -0.146. The average molecular weight is 768 g/mol. The normalized spacial score (nSPS) is 24.8. The van der Waals surface area contributed by atoms with E-state index in [4.69, 9.17) is 11.5 Å². The van der Waals surface area contributed by atoms with Gasteiger partial charge < -0.3 is 68.5 Å². The molecule has 0 saturated carbocycles. The van der Waals surface area contributed by atoms with Crippen molar-refractivity contribution in [2.75, 3.05) is 40.0 Å². The molecule has 1 fully saturated rings. The van der Waals surface area contributed by atoms with E-state index in [-0.39, 0.29) is 25.8 Å². The smallest absolute Gasteiger partial charge is 0.246 e. The zero-order valence-electron chi connectivity index (χ0n) is 30.6. The van der Waals surface area contributed by atoms with Gasteiger partial charge in [0.2, 0.25) is 35.4 Å². The predicted molar refractivity (Wildman–Crippen MR) is 193 cm³/mol. The van der Waals surface area contributed by atoms with Crippen LogP contribution in [0.5, 0.6) is 0 Å².